The number of anilines is 2. The first kappa shape index (κ1) is 16.3. The second kappa shape index (κ2) is 5.99. The van der Waals surface area contributed by atoms with Crippen molar-refractivity contribution >= 4 is 43.1 Å². The van der Waals surface area contributed by atoms with E-state index in [1.54, 1.807) is 37.6 Å². The van der Waals surface area contributed by atoms with E-state index in [1.165, 1.54) is 6.26 Å². The lowest BCUT2D eigenvalue weighted by Gasteiger charge is -2.11. The minimum atomic E-state index is -3.29. The Hall–Kier alpha value is -3.13. The first-order valence-electron chi connectivity index (χ1n) is 7.84. The second-order valence-corrected chi connectivity index (χ2v) is 7.91. The molecule has 0 amide bonds. The van der Waals surface area contributed by atoms with Crippen LogP contribution in [0.5, 0.6) is 5.75 Å². The molecule has 0 fully saturated rings. The molecule has 4 aromatic rings. The zero-order valence-corrected chi connectivity index (χ0v) is 15.0. The fourth-order valence-corrected chi connectivity index (χ4v) is 3.58. The molecule has 7 nitrogen and oxygen atoms in total. The number of methoxy groups -OCH3 is 1. The summed E-state index contributed by atoms with van der Waals surface area (Å²) in [5.74, 6) is 1.27. The average Bonchev–Trinajstić information content (AvgIpc) is 3.11. The van der Waals surface area contributed by atoms with Crippen LogP contribution < -0.4 is 10.1 Å². The summed E-state index contributed by atoms with van der Waals surface area (Å²) in [5.41, 5.74) is 2.09. The molecule has 132 valence electrons. The van der Waals surface area contributed by atoms with Crippen LogP contribution in [0.4, 0.5) is 11.5 Å². The Bertz CT molecular complexity index is 1230. The maximum Gasteiger partial charge on any atom is 0.175 e. The molecule has 0 radical (unpaired) electrons. The van der Waals surface area contributed by atoms with Gasteiger partial charge >= 0.3 is 0 Å². The van der Waals surface area contributed by atoms with Crippen LogP contribution in [0.25, 0.3) is 21.8 Å². The number of aromatic amines is 1. The summed E-state index contributed by atoms with van der Waals surface area (Å²) in [6, 6.07) is 12.2. The first-order valence-corrected chi connectivity index (χ1v) is 9.73. The van der Waals surface area contributed by atoms with Crippen LogP contribution >= 0.6 is 0 Å². The van der Waals surface area contributed by atoms with Crippen molar-refractivity contribution in [1.29, 1.82) is 0 Å². The number of rotatable bonds is 4. The van der Waals surface area contributed by atoms with E-state index in [4.69, 9.17) is 4.74 Å². The van der Waals surface area contributed by atoms with Gasteiger partial charge < -0.3 is 10.1 Å². The van der Waals surface area contributed by atoms with Gasteiger partial charge in [-0.05, 0) is 30.3 Å². The number of ether oxygens (including phenoxy) is 1. The van der Waals surface area contributed by atoms with E-state index < -0.39 is 9.84 Å². The molecule has 8 heteroatoms. The molecule has 26 heavy (non-hydrogen) atoms. The molecule has 0 bridgehead atoms. The van der Waals surface area contributed by atoms with Crippen molar-refractivity contribution in [3.63, 3.8) is 0 Å². The van der Waals surface area contributed by atoms with Crippen molar-refractivity contribution in [3.05, 3.63) is 48.7 Å². The molecule has 2 heterocycles. The fourth-order valence-electron chi connectivity index (χ4n) is 2.92. The fraction of sp³-hybridized carbons (Fsp3) is 0.111. The van der Waals surface area contributed by atoms with Gasteiger partial charge in [-0.1, -0.05) is 12.1 Å². The Morgan fingerprint density at radius 1 is 1.15 bits per heavy atom. The molecular weight excluding hydrogens is 352 g/mol. The van der Waals surface area contributed by atoms with Gasteiger partial charge in [-0.3, -0.25) is 5.10 Å². The third-order valence-electron chi connectivity index (χ3n) is 4.13. The van der Waals surface area contributed by atoms with Crippen LogP contribution in [0.3, 0.4) is 0 Å². The highest BCUT2D eigenvalue weighted by atomic mass is 32.2. The standard InChI is InChI=1S/C18H16N4O3S/c1-25-15-8-4-7-14-16(15)13-10-19-22-17(13)18(21-14)20-11-5-3-6-12(9-11)26(2,23)24/h3-10H,1-2H3,(H,19,22)(H,20,21). The van der Waals surface area contributed by atoms with Crippen LogP contribution in [0.15, 0.2) is 53.6 Å². The predicted octanol–water partition coefficient (Wildman–Crippen LogP) is 3.27. The summed E-state index contributed by atoms with van der Waals surface area (Å²) in [6.45, 7) is 0. The molecule has 0 saturated carbocycles. The average molecular weight is 368 g/mol. The molecule has 0 spiro atoms. The van der Waals surface area contributed by atoms with E-state index in [0.717, 1.165) is 16.3 Å². The number of nitrogens with zero attached hydrogens (tertiary/aromatic N) is 2. The van der Waals surface area contributed by atoms with Crippen molar-refractivity contribution in [2.75, 3.05) is 18.7 Å². The van der Waals surface area contributed by atoms with Crippen LogP contribution in [0.2, 0.25) is 0 Å². The van der Waals surface area contributed by atoms with Gasteiger partial charge in [0.1, 0.15) is 11.3 Å². The maximum atomic E-state index is 11.8. The molecule has 4 rings (SSSR count). The summed E-state index contributed by atoms with van der Waals surface area (Å²) in [4.78, 5) is 4.90. The minimum absolute atomic E-state index is 0.241. The lowest BCUT2D eigenvalue weighted by molar-refractivity contribution is 0.420. The van der Waals surface area contributed by atoms with Crippen LogP contribution in [0.1, 0.15) is 0 Å². The first-order chi connectivity index (χ1) is 12.5. The quantitative estimate of drug-likeness (QED) is 0.574. The molecule has 2 N–H and O–H groups in total. The predicted molar refractivity (Wildman–Crippen MR) is 101 cm³/mol. The Balaban J connectivity index is 1.89. The van der Waals surface area contributed by atoms with Crippen molar-refractivity contribution in [3.8, 4) is 5.75 Å². The number of H-pyrrole nitrogens is 1. The van der Waals surface area contributed by atoms with Gasteiger partial charge in [0.15, 0.2) is 15.7 Å². The second-order valence-electron chi connectivity index (χ2n) is 5.90. The highest BCUT2D eigenvalue weighted by Crippen LogP contribution is 2.34. The number of hydrogen-bond donors (Lipinski definition) is 2. The number of benzene rings is 2. The highest BCUT2D eigenvalue weighted by molar-refractivity contribution is 7.90. The van der Waals surface area contributed by atoms with Gasteiger partial charge in [-0.15, -0.1) is 0 Å². The smallest absolute Gasteiger partial charge is 0.175 e. The monoisotopic (exact) mass is 368 g/mol. The number of aromatic nitrogens is 3. The Labute approximate surface area is 149 Å². The largest absolute Gasteiger partial charge is 0.496 e. The van der Waals surface area contributed by atoms with Gasteiger partial charge in [0.2, 0.25) is 0 Å². The molecule has 0 aliphatic heterocycles. The summed E-state index contributed by atoms with van der Waals surface area (Å²) < 4.78 is 29.0. The molecule has 0 unspecified atom stereocenters. The van der Waals surface area contributed by atoms with Crippen molar-refractivity contribution in [2.24, 2.45) is 0 Å². The highest BCUT2D eigenvalue weighted by Gasteiger charge is 2.14. The molecule has 2 aromatic carbocycles. The maximum absolute atomic E-state index is 11.8. The van der Waals surface area contributed by atoms with Gasteiger partial charge in [0, 0.05) is 17.3 Å². The van der Waals surface area contributed by atoms with Crippen molar-refractivity contribution < 1.29 is 13.2 Å². The Morgan fingerprint density at radius 3 is 2.73 bits per heavy atom. The number of nitrogens with one attached hydrogen (secondary N) is 2. The van der Waals surface area contributed by atoms with E-state index in [2.05, 4.69) is 20.5 Å². The number of sulfone groups is 1. The third-order valence-corrected chi connectivity index (χ3v) is 5.24. The topological polar surface area (TPSA) is 97.0 Å². The van der Waals surface area contributed by atoms with Gasteiger partial charge in [0.05, 0.1) is 29.1 Å². The molecule has 0 saturated heterocycles. The van der Waals surface area contributed by atoms with Crippen molar-refractivity contribution in [2.45, 2.75) is 4.90 Å². The summed E-state index contributed by atoms with van der Waals surface area (Å²) in [5, 5.41) is 12.0. The van der Waals surface area contributed by atoms with E-state index in [-0.39, 0.29) is 4.90 Å². The van der Waals surface area contributed by atoms with Crippen LogP contribution in [-0.2, 0) is 9.84 Å². The van der Waals surface area contributed by atoms with E-state index >= 15 is 0 Å². The zero-order chi connectivity index (χ0) is 18.3. The minimum Gasteiger partial charge on any atom is -0.496 e. The summed E-state index contributed by atoms with van der Waals surface area (Å²) in [7, 11) is -1.68. The summed E-state index contributed by atoms with van der Waals surface area (Å²) in [6.07, 6.45) is 2.90. The lowest BCUT2D eigenvalue weighted by atomic mass is 10.1. The normalized spacial score (nSPS) is 11.8. The molecule has 0 atom stereocenters. The van der Waals surface area contributed by atoms with E-state index in [9.17, 15) is 8.42 Å². The number of pyridine rings is 1. The summed E-state index contributed by atoms with van der Waals surface area (Å²) >= 11 is 0. The van der Waals surface area contributed by atoms with Crippen LogP contribution in [0, 0.1) is 0 Å². The van der Waals surface area contributed by atoms with Gasteiger partial charge in [-0.25, -0.2) is 13.4 Å². The molecular formula is C18H16N4O3S. The molecule has 0 aliphatic carbocycles. The number of fused-ring (bicyclic) bond motifs is 3. The van der Waals surface area contributed by atoms with Gasteiger partial charge in [0.25, 0.3) is 0 Å². The molecule has 0 aliphatic rings. The van der Waals surface area contributed by atoms with Crippen molar-refractivity contribution in [1.82, 2.24) is 15.2 Å². The molecule has 2 aromatic heterocycles. The van der Waals surface area contributed by atoms with Crippen LogP contribution in [-0.4, -0.2) is 37.0 Å². The lowest BCUT2D eigenvalue weighted by Crippen LogP contribution is -2.00. The van der Waals surface area contributed by atoms with Gasteiger partial charge in [-0.2, -0.15) is 5.10 Å². The third kappa shape index (κ3) is 2.74. The zero-order valence-electron chi connectivity index (χ0n) is 14.1. The number of hydrogen-bond acceptors (Lipinski definition) is 6. The Kier molecular flexibility index (Phi) is 3.77. The SMILES string of the molecule is COc1cccc2nc(Nc3cccc(S(C)(=O)=O)c3)c3[nH]ncc3c12. The van der Waals surface area contributed by atoms with E-state index in [0.29, 0.717) is 22.8 Å². The Morgan fingerprint density at radius 2 is 1.96 bits per heavy atom. The van der Waals surface area contributed by atoms with E-state index in [1.807, 2.05) is 18.2 Å².